The Bertz CT molecular complexity index is 922. The van der Waals surface area contributed by atoms with Crippen molar-refractivity contribution in [1.29, 1.82) is 0 Å². The number of rotatable bonds is 4. The summed E-state index contributed by atoms with van der Waals surface area (Å²) in [7, 11) is -2.95. The van der Waals surface area contributed by atoms with Crippen LogP contribution in [0, 0.1) is 0 Å². The quantitative estimate of drug-likeness (QED) is 0.808. The summed E-state index contributed by atoms with van der Waals surface area (Å²) in [5.41, 5.74) is 1.93. The Morgan fingerprint density at radius 1 is 1.27 bits per heavy atom. The molecule has 2 aliphatic heterocycles. The standard InChI is InChI=1S/C18H23N5O2S/c1-18(5-10-26(24,25)14-18)23-12-16(11-21-23)15-3-8-22(9-4-15)13-17-19-6-2-7-20-17/h2-3,6-7,11-12H,4-5,8-10,13-14H2,1H3. The largest absolute Gasteiger partial charge is 0.292 e. The Hall–Kier alpha value is -2.06. The molecule has 1 unspecified atom stereocenters. The first-order chi connectivity index (χ1) is 12.4. The zero-order valence-corrected chi connectivity index (χ0v) is 15.7. The maximum Gasteiger partial charge on any atom is 0.152 e. The van der Waals surface area contributed by atoms with Crippen molar-refractivity contribution >= 4 is 15.4 Å². The van der Waals surface area contributed by atoms with Gasteiger partial charge in [-0.15, -0.1) is 0 Å². The van der Waals surface area contributed by atoms with E-state index in [0.29, 0.717) is 6.42 Å². The van der Waals surface area contributed by atoms with E-state index in [0.717, 1.165) is 37.4 Å². The Morgan fingerprint density at radius 2 is 2.08 bits per heavy atom. The van der Waals surface area contributed by atoms with Crippen LogP contribution in [0.15, 0.2) is 36.9 Å². The molecule has 1 saturated heterocycles. The minimum Gasteiger partial charge on any atom is -0.292 e. The predicted octanol–water partition coefficient (Wildman–Crippen LogP) is 1.50. The molecule has 26 heavy (non-hydrogen) atoms. The molecule has 0 N–H and O–H groups in total. The van der Waals surface area contributed by atoms with Crippen LogP contribution in [0.25, 0.3) is 5.57 Å². The maximum atomic E-state index is 11.8. The molecule has 2 aromatic heterocycles. The van der Waals surface area contributed by atoms with Crippen LogP contribution < -0.4 is 0 Å². The Morgan fingerprint density at radius 3 is 2.73 bits per heavy atom. The Balaban J connectivity index is 1.44. The van der Waals surface area contributed by atoms with Crippen molar-refractivity contribution in [1.82, 2.24) is 24.6 Å². The highest BCUT2D eigenvalue weighted by Crippen LogP contribution is 2.31. The summed E-state index contributed by atoms with van der Waals surface area (Å²) >= 11 is 0. The molecule has 1 fully saturated rings. The molecule has 138 valence electrons. The van der Waals surface area contributed by atoms with E-state index in [9.17, 15) is 8.42 Å². The first-order valence-corrected chi connectivity index (χ1v) is 10.7. The molecule has 0 radical (unpaired) electrons. The molecular weight excluding hydrogens is 350 g/mol. The molecule has 4 heterocycles. The number of sulfone groups is 1. The zero-order valence-electron chi connectivity index (χ0n) is 14.9. The highest BCUT2D eigenvalue weighted by molar-refractivity contribution is 7.91. The van der Waals surface area contributed by atoms with Gasteiger partial charge in [0.15, 0.2) is 9.84 Å². The van der Waals surface area contributed by atoms with Crippen LogP contribution in [-0.2, 0) is 21.9 Å². The highest BCUT2D eigenvalue weighted by atomic mass is 32.2. The van der Waals surface area contributed by atoms with Crippen molar-refractivity contribution in [3.63, 3.8) is 0 Å². The molecule has 4 rings (SSSR count). The van der Waals surface area contributed by atoms with Crippen molar-refractivity contribution in [2.75, 3.05) is 24.6 Å². The second-order valence-electron chi connectivity index (χ2n) is 7.39. The van der Waals surface area contributed by atoms with Crippen molar-refractivity contribution in [2.45, 2.75) is 31.8 Å². The lowest BCUT2D eigenvalue weighted by molar-refractivity contribution is 0.286. The van der Waals surface area contributed by atoms with E-state index in [1.807, 2.05) is 30.1 Å². The van der Waals surface area contributed by atoms with Crippen LogP contribution in [0.3, 0.4) is 0 Å². The summed E-state index contributed by atoms with van der Waals surface area (Å²) in [4.78, 5) is 10.9. The topological polar surface area (TPSA) is 81.0 Å². The molecule has 0 spiro atoms. The van der Waals surface area contributed by atoms with Gasteiger partial charge in [-0.05, 0) is 31.4 Å². The van der Waals surface area contributed by atoms with Gasteiger partial charge < -0.3 is 0 Å². The van der Waals surface area contributed by atoms with Gasteiger partial charge in [-0.1, -0.05) is 6.08 Å². The number of aromatic nitrogens is 4. The van der Waals surface area contributed by atoms with Crippen LogP contribution in [0.1, 0.15) is 31.2 Å². The van der Waals surface area contributed by atoms with Gasteiger partial charge in [0, 0.05) is 37.2 Å². The molecule has 0 saturated carbocycles. The third-order valence-corrected chi connectivity index (χ3v) is 7.15. The smallest absolute Gasteiger partial charge is 0.152 e. The third-order valence-electron chi connectivity index (χ3n) is 5.27. The first-order valence-electron chi connectivity index (χ1n) is 8.87. The number of nitrogens with zero attached hydrogens (tertiary/aromatic N) is 5. The van der Waals surface area contributed by atoms with E-state index >= 15 is 0 Å². The normalized spacial score (nSPS) is 26.0. The minimum absolute atomic E-state index is 0.172. The number of hydrogen-bond acceptors (Lipinski definition) is 6. The van der Waals surface area contributed by atoms with Gasteiger partial charge in [-0.2, -0.15) is 5.10 Å². The average Bonchev–Trinajstić information content (AvgIpc) is 3.22. The summed E-state index contributed by atoms with van der Waals surface area (Å²) in [6.45, 7) is 4.52. The van der Waals surface area contributed by atoms with Gasteiger partial charge in [-0.3, -0.25) is 9.58 Å². The fourth-order valence-electron chi connectivity index (χ4n) is 3.69. The van der Waals surface area contributed by atoms with E-state index in [4.69, 9.17) is 0 Å². The van der Waals surface area contributed by atoms with Crippen LogP contribution >= 0.6 is 0 Å². The molecule has 0 amide bonds. The monoisotopic (exact) mass is 373 g/mol. The van der Waals surface area contributed by atoms with Gasteiger partial charge >= 0.3 is 0 Å². The zero-order chi connectivity index (χ0) is 18.2. The molecule has 0 aromatic carbocycles. The van der Waals surface area contributed by atoms with Gasteiger partial charge in [0.05, 0.1) is 29.8 Å². The van der Waals surface area contributed by atoms with Crippen molar-refractivity contribution < 1.29 is 8.42 Å². The van der Waals surface area contributed by atoms with E-state index in [1.54, 1.807) is 12.4 Å². The molecule has 8 heteroatoms. The van der Waals surface area contributed by atoms with E-state index in [1.165, 1.54) is 5.57 Å². The number of hydrogen-bond donors (Lipinski definition) is 0. The molecule has 0 bridgehead atoms. The average molecular weight is 373 g/mol. The van der Waals surface area contributed by atoms with Gasteiger partial charge in [0.25, 0.3) is 0 Å². The Labute approximate surface area is 153 Å². The summed E-state index contributed by atoms with van der Waals surface area (Å²) in [5, 5.41) is 4.48. The van der Waals surface area contributed by atoms with Gasteiger partial charge in [-0.25, -0.2) is 18.4 Å². The lowest BCUT2D eigenvalue weighted by Gasteiger charge is -2.25. The van der Waals surface area contributed by atoms with Crippen LogP contribution in [0.5, 0.6) is 0 Å². The van der Waals surface area contributed by atoms with Crippen LogP contribution in [0.4, 0.5) is 0 Å². The van der Waals surface area contributed by atoms with Crippen LogP contribution in [0.2, 0.25) is 0 Å². The minimum atomic E-state index is -2.95. The molecule has 2 aliphatic rings. The lowest BCUT2D eigenvalue weighted by atomic mass is 10.0. The summed E-state index contributed by atoms with van der Waals surface area (Å²) < 4.78 is 25.5. The molecular formula is C18H23N5O2S. The fourth-order valence-corrected chi connectivity index (χ4v) is 5.81. The van der Waals surface area contributed by atoms with E-state index in [2.05, 4.69) is 26.0 Å². The second kappa shape index (κ2) is 6.59. The molecule has 2 aromatic rings. The van der Waals surface area contributed by atoms with E-state index < -0.39 is 15.4 Å². The van der Waals surface area contributed by atoms with Crippen LogP contribution in [-0.4, -0.2) is 57.7 Å². The van der Waals surface area contributed by atoms with Crippen molar-refractivity contribution in [3.8, 4) is 0 Å². The fraction of sp³-hybridized carbons (Fsp3) is 0.500. The molecule has 0 aliphatic carbocycles. The molecule has 1 atom stereocenters. The van der Waals surface area contributed by atoms with Gasteiger partial charge in [0.1, 0.15) is 5.82 Å². The Kier molecular flexibility index (Phi) is 4.40. The predicted molar refractivity (Wildman–Crippen MR) is 99.0 cm³/mol. The lowest BCUT2D eigenvalue weighted by Crippen LogP contribution is -2.31. The molecule has 7 nitrogen and oxygen atoms in total. The van der Waals surface area contributed by atoms with Crippen molar-refractivity contribution in [2.24, 2.45) is 0 Å². The first kappa shape index (κ1) is 17.4. The highest BCUT2D eigenvalue weighted by Gasteiger charge is 2.40. The van der Waals surface area contributed by atoms with E-state index in [-0.39, 0.29) is 11.5 Å². The van der Waals surface area contributed by atoms with Crippen molar-refractivity contribution in [3.05, 3.63) is 48.3 Å². The summed E-state index contributed by atoms with van der Waals surface area (Å²) in [6.07, 6.45) is 11.2. The second-order valence-corrected chi connectivity index (χ2v) is 9.58. The summed E-state index contributed by atoms with van der Waals surface area (Å²) in [6, 6.07) is 1.82. The SMILES string of the molecule is CC1(n2cc(C3=CCN(Cc4ncccn4)CC3)cn2)CCS(=O)(=O)C1. The van der Waals surface area contributed by atoms with Gasteiger partial charge in [0.2, 0.25) is 0 Å². The summed E-state index contributed by atoms with van der Waals surface area (Å²) in [5.74, 6) is 1.26. The maximum absolute atomic E-state index is 11.8. The third kappa shape index (κ3) is 3.57.